The summed E-state index contributed by atoms with van der Waals surface area (Å²) >= 11 is 0. The lowest BCUT2D eigenvalue weighted by atomic mass is 9.99. The van der Waals surface area contributed by atoms with Gasteiger partial charge in [0, 0.05) is 30.2 Å². The summed E-state index contributed by atoms with van der Waals surface area (Å²) in [6.45, 7) is 0. The fourth-order valence-electron chi connectivity index (χ4n) is 3.65. The first-order valence-corrected chi connectivity index (χ1v) is 8.65. The van der Waals surface area contributed by atoms with Gasteiger partial charge in [-0.15, -0.1) is 0 Å². The molecule has 28 heavy (non-hydrogen) atoms. The average molecular weight is 374 g/mol. The maximum atomic E-state index is 13.7. The summed E-state index contributed by atoms with van der Waals surface area (Å²) in [4.78, 5) is 22.3. The summed E-state index contributed by atoms with van der Waals surface area (Å²) in [7, 11) is 1.78. The van der Waals surface area contributed by atoms with Gasteiger partial charge in [0.2, 0.25) is 5.91 Å². The Bertz CT molecular complexity index is 1170. The van der Waals surface area contributed by atoms with Crippen LogP contribution in [0.25, 0.3) is 22.5 Å². The van der Waals surface area contributed by atoms with E-state index in [9.17, 15) is 19.2 Å². The Morgan fingerprint density at radius 1 is 1.36 bits per heavy atom. The SMILES string of the molecule is Cn1nc(-c2cccc(NC(=O)CC=O)c2C#N)c2c1-c1cc(F)ccc1C2. The van der Waals surface area contributed by atoms with Crippen molar-refractivity contribution in [3.05, 3.63) is 58.9 Å². The van der Waals surface area contributed by atoms with E-state index >= 15 is 0 Å². The summed E-state index contributed by atoms with van der Waals surface area (Å²) in [5.41, 5.74) is 5.33. The Balaban J connectivity index is 1.84. The number of hydrogen-bond donors (Lipinski definition) is 1. The Morgan fingerprint density at radius 2 is 2.18 bits per heavy atom. The number of nitrogens with one attached hydrogen (secondary N) is 1. The third kappa shape index (κ3) is 2.76. The molecule has 7 heteroatoms. The molecule has 1 aliphatic carbocycles. The van der Waals surface area contributed by atoms with Gasteiger partial charge in [-0.1, -0.05) is 18.2 Å². The zero-order valence-electron chi connectivity index (χ0n) is 15.0. The number of anilines is 1. The fourth-order valence-corrected chi connectivity index (χ4v) is 3.65. The lowest BCUT2D eigenvalue weighted by molar-refractivity contribution is -0.119. The predicted molar refractivity (Wildman–Crippen MR) is 101 cm³/mol. The van der Waals surface area contributed by atoms with Crippen molar-refractivity contribution in [2.75, 3.05) is 5.32 Å². The van der Waals surface area contributed by atoms with Crippen molar-refractivity contribution >= 4 is 17.9 Å². The highest BCUT2D eigenvalue weighted by Gasteiger charge is 2.29. The molecule has 138 valence electrons. The third-order valence-electron chi connectivity index (χ3n) is 4.81. The highest BCUT2D eigenvalue weighted by Crippen LogP contribution is 2.42. The molecule has 0 unspecified atom stereocenters. The monoisotopic (exact) mass is 374 g/mol. The van der Waals surface area contributed by atoms with Gasteiger partial charge in [0.05, 0.1) is 29.1 Å². The second-order valence-electron chi connectivity index (χ2n) is 6.54. The topological polar surface area (TPSA) is 87.8 Å². The van der Waals surface area contributed by atoms with Gasteiger partial charge in [-0.25, -0.2) is 4.39 Å². The van der Waals surface area contributed by atoms with Crippen molar-refractivity contribution in [1.29, 1.82) is 5.26 Å². The van der Waals surface area contributed by atoms with Crippen LogP contribution in [-0.4, -0.2) is 22.0 Å². The number of benzene rings is 2. The molecule has 0 fully saturated rings. The van der Waals surface area contributed by atoms with E-state index in [2.05, 4.69) is 16.5 Å². The van der Waals surface area contributed by atoms with Crippen molar-refractivity contribution in [2.45, 2.75) is 12.8 Å². The number of aryl methyl sites for hydroxylation is 1. The van der Waals surface area contributed by atoms with Crippen molar-refractivity contribution in [3.8, 4) is 28.6 Å². The number of carbonyl (C=O) groups is 2. The number of nitrogens with zero attached hydrogens (tertiary/aromatic N) is 3. The van der Waals surface area contributed by atoms with E-state index in [1.807, 2.05) is 0 Å². The molecule has 0 radical (unpaired) electrons. The molecular weight excluding hydrogens is 359 g/mol. The normalized spacial score (nSPS) is 11.5. The molecule has 3 aromatic rings. The average Bonchev–Trinajstić information content (AvgIpc) is 3.19. The van der Waals surface area contributed by atoms with Crippen LogP contribution in [0.3, 0.4) is 0 Å². The second-order valence-corrected chi connectivity index (χ2v) is 6.54. The Labute approximate surface area is 160 Å². The molecular formula is C21H15FN4O2. The van der Waals surface area contributed by atoms with Gasteiger partial charge in [0.1, 0.15) is 18.2 Å². The largest absolute Gasteiger partial charge is 0.325 e. The number of aromatic nitrogens is 2. The van der Waals surface area contributed by atoms with Crippen LogP contribution in [0, 0.1) is 17.1 Å². The number of halogens is 1. The minimum absolute atomic E-state index is 0.268. The van der Waals surface area contributed by atoms with Gasteiger partial charge >= 0.3 is 0 Å². The predicted octanol–water partition coefficient (Wildman–Crippen LogP) is 3.20. The number of carbonyl (C=O) groups excluding carboxylic acids is 2. The Hall–Kier alpha value is -3.79. The number of nitriles is 1. The maximum Gasteiger partial charge on any atom is 0.231 e. The summed E-state index contributed by atoms with van der Waals surface area (Å²) < 4.78 is 15.4. The van der Waals surface area contributed by atoms with E-state index in [4.69, 9.17) is 0 Å². The van der Waals surface area contributed by atoms with E-state index in [0.717, 1.165) is 22.4 Å². The minimum Gasteiger partial charge on any atom is -0.325 e. The molecule has 2 aromatic carbocycles. The fraction of sp³-hybridized carbons (Fsp3) is 0.143. The van der Waals surface area contributed by atoms with Crippen molar-refractivity contribution in [1.82, 2.24) is 9.78 Å². The zero-order valence-corrected chi connectivity index (χ0v) is 15.0. The summed E-state index contributed by atoms with van der Waals surface area (Å²) in [6, 6.07) is 11.9. The van der Waals surface area contributed by atoms with E-state index in [1.165, 1.54) is 12.1 Å². The van der Waals surface area contributed by atoms with Crippen LogP contribution in [0.15, 0.2) is 36.4 Å². The van der Waals surface area contributed by atoms with Crippen LogP contribution < -0.4 is 5.32 Å². The van der Waals surface area contributed by atoms with Crippen LogP contribution in [0.5, 0.6) is 0 Å². The highest BCUT2D eigenvalue weighted by atomic mass is 19.1. The van der Waals surface area contributed by atoms with E-state index in [-0.39, 0.29) is 17.8 Å². The quantitative estimate of drug-likeness (QED) is 0.439. The molecule has 1 N–H and O–H groups in total. The first-order valence-electron chi connectivity index (χ1n) is 8.65. The van der Waals surface area contributed by atoms with Crippen molar-refractivity contribution in [3.63, 3.8) is 0 Å². The molecule has 6 nitrogen and oxygen atoms in total. The van der Waals surface area contributed by atoms with E-state index < -0.39 is 5.91 Å². The molecule has 0 spiro atoms. The van der Waals surface area contributed by atoms with Crippen LogP contribution >= 0.6 is 0 Å². The van der Waals surface area contributed by atoms with Crippen LogP contribution in [0.1, 0.15) is 23.1 Å². The first kappa shape index (κ1) is 17.6. The molecule has 0 saturated carbocycles. The van der Waals surface area contributed by atoms with Gasteiger partial charge in [-0.05, 0) is 23.8 Å². The van der Waals surface area contributed by atoms with E-state index in [1.54, 1.807) is 36.0 Å². The molecule has 1 heterocycles. The second kappa shape index (κ2) is 6.74. The van der Waals surface area contributed by atoms with Gasteiger partial charge in [-0.3, -0.25) is 9.48 Å². The van der Waals surface area contributed by atoms with Crippen LogP contribution in [0.4, 0.5) is 10.1 Å². The highest BCUT2D eigenvalue weighted by molar-refractivity contribution is 6.00. The van der Waals surface area contributed by atoms with Crippen molar-refractivity contribution < 1.29 is 14.0 Å². The minimum atomic E-state index is -0.488. The van der Waals surface area contributed by atoms with Gasteiger partial charge < -0.3 is 10.1 Å². The molecule has 0 atom stereocenters. The Kier molecular flexibility index (Phi) is 4.24. The number of amides is 1. The number of rotatable bonds is 4. The summed E-state index contributed by atoms with van der Waals surface area (Å²) in [5, 5.41) is 16.9. The molecule has 1 amide bonds. The van der Waals surface area contributed by atoms with Crippen LogP contribution in [0.2, 0.25) is 0 Å². The van der Waals surface area contributed by atoms with E-state index in [0.29, 0.717) is 29.7 Å². The molecule has 0 bridgehead atoms. The summed E-state index contributed by atoms with van der Waals surface area (Å²) in [6.07, 6.45) is 0.808. The third-order valence-corrected chi connectivity index (χ3v) is 4.81. The van der Waals surface area contributed by atoms with Crippen LogP contribution in [-0.2, 0) is 23.1 Å². The molecule has 1 aliphatic rings. The zero-order chi connectivity index (χ0) is 19.8. The Morgan fingerprint density at radius 3 is 2.93 bits per heavy atom. The number of aldehydes is 1. The smallest absolute Gasteiger partial charge is 0.231 e. The molecule has 1 aromatic heterocycles. The van der Waals surface area contributed by atoms with Gasteiger partial charge in [0.25, 0.3) is 0 Å². The molecule has 4 rings (SSSR count). The standard InChI is InChI=1S/C21H15FN4O2/c1-26-21-15-10-13(22)6-5-12(15)9-16(21)20(25-26)14-3-2-4-18(17(14)11-23)24-19(28)7-8-27/h2-6,8,10H,7,9H2,1H3,(H,24,28). The van der Waals surface area contributed by atoms with Crippen molar-refractivity contribution in [2.24, 2.45) is 7.05 Å². The lowest BCUT2D eigenvalue weighted by Crippen LogP contribution is -2.13. The lowest BCUT2D eigenvalue weighted by Gasteiger charge is -2.10. The molecule has 0 aliphatic heterocycles. The maximum absolute atomic E-state index is 13.7. The first-order chi connectivity index (χ1) is 13.5. The van der Waals surface area contributed by atoms with Gasteiger partial charge in [0.15, 0.2) is 0 Å². The summed E-state index contributed by atoms with van der Waals surface area (Å²) in [5.74, 6) is -0.801. The number of hydrogen-bond acceptors (Lipinski definition) is 4. The van der Waals surface area contributed by atoms with Gasteiger partial charge in [-0.2, -0.15) is 10.4 Å². The number of fused-ring (bicyclic) bond motifs is 3. The molecule has 0 saturated heterocycles.